The molecule has 3 rings (SSSR count). The number of aromatic nitrogens is 3. The van der Waals surface area contributed by atoms with Crippen molar-refractivity contribution in [2.24, 2.45) is 0 Å². The van der Waals surface area contributed by atoms with Gasteiger partial charge in [-0.1, -0.05) is 12.8 Å². The summed E-state index contributed by atoms with van der Waals surface area (Å²) >= 11 is 0. The Kier molecular flexibility index (Phi) is 3.42. The normalized spacial score (nSPS) is 15.9. The maximum atomic E-state index is 12.4. The first-order valence-corrected chi connectivity index (χ1v) is 7.12. The van der Waals surface area contributed by atoms with Crippen LogP contribution < -0.4 is 10.9 Å². The van der Waals surface area contributed by atoms with Crippen molar-refractivity contribution < 1.29 is 0 Å². The van der Waals surface area contributed by atoms with Crippen LogP contribution in [0.2, 0.25) is 0 Å². The molecule has 1 radical (unpaired) electrons. The van der Waals surface area contributed by atoms with Crippen LogP contribution in [0, 0.1) is 13.8 Å². The van der Waals surface area contributed by atoms with Crippen LogP contribution in [0.1, 0.15) is 37.3 Å². The topological polar surface area (TPSA) is 59.8 Å². The summed E-state index contributed by atoms with van der Waals surface area (Å²) in [5, 5.41) is 3.96. The maximum Gasteiger partial charge on any atom is 0.252 e. The van der Waals surface area contributed by atoms with Gasteiger partial charge >= 0.3 is 0 Å². The van der Waals surface area contributed by atoms with Crippen LogP contribution in [-0.2, 0) is 0 Å². The molecule has 0 aromatic carbocycles. The Balaban J connectivity index is 2.24. The summed E-state index contributed by atoms with van der Waals surface area (Å²) in [5.41, 5.74) is 1.72. The number of fused-ring (bicyclic) bond motifs is 1. The molecule has 0 bridgehead atoms. The van der Waals surface area contributed by atoms with Gasteiger partial charge in [0, 0.05) is 30.2 Å². The van der Waals surface area contributed by atoms with Crippen molar-refractivity contribution >= 4 is 17.0 Å². The second-order valence-electron chi connectivity index (χ2n) is 5.33. The minimum absolute atomic E-state index is 0.0428. The van der Waals surface area contributed by atoms with Crippen molar-refractivity contribution in [1.82, 2.24) is 14.5 Å². The summed E-state index contributed by atoms with van der Waals surface area (Å²) in [6, 6.07) is 1.96. The van der Waals surface area contributed by atoms with Crippen molar-refractivity contribution in [3.05, 3.63) is 35.1 Å². The van der Waals surface area contributed by atoms with Crippen LogP contribution in [0.5, 0.6) is 0 Å². The fourth-order valence-electron chi connectivity index (χ4n) is 2.98. The van der Waals surface area contributed by atoms with Crippen LogP contribution in [0.3, 0.4) is 0 Å². The van der Waals surface area contributed by atoms with Crippen LogP contribution in [0.15, 0.2) is 17.1 Å². The van der Waals surface area contributed by atoms with Crippen molar-refractivity contribution in [3.63, 3.8) is 0 Å². The van der Waals surface area contributed by atoms with Gasteiger partial charge in [0.25, 0.3) is 5.56 Å². The third-order valence-corrected chi connectivity index (χ3v) is 3.97. The largest absolute Gasteiger partial charge is 0.354 e. The first-order valence-electron chi connectivity index (χ1n) is 7.12. The van der Waals surface area contributed by atoms with Crippen molar-refractivity contribution in [2.75, 3.05) is 11.9 Å². The number of hydrogen-bond donors (Lipinski definition) is 1. The van der Waals surface area contributed by atoms with E-state index in [0.717, 1.165) is 29.4 Å². The zero-order valence-electron chi connectivity index (χ0n) is 11.7. The molecule has 0 amide bonds. The van der Waals surface area contributed by atoms with Crippen molar-refractivity contribution in [2.45, 2.75) is 38.6 Å². The highest BCUT2D eigenvalue weighted by atomic mass is 16.1. The highest BCUT2D eigenvalue weighted by Gasteiger charge is 2.21. The second-order valence-corrected chi connectivity index (χ2v) is 5.33. The molecule has 2 aromatic heterocycles. The average molecular weight is 271 g/mol. The fourth-order valence-corrected chi connectivity index (χ4v) is 2.98. The Labute approximate surface area is 118 Å². The standard InChI is InChI=1S/C15H19N4O/c1-3-16-15-17-9-12-10(2)8-13(20)19(14(12)18-15)11-6-4-5-7-11/h8-9,11H,1,3-7H2,2H3,(H,16,17,18). The van der Waals surface area contributed by atoms with Crippen molar-refractivity contribution in [1.29, 1.82) is 0 Å². The molecule has 2 aromatic rings. The number of aryl methyl sites for hydroxylation is 1. The number of nitrogens with one attached hydrogen (secondary N) is 1. The quantitative estimate of drug-likeness (QED) is 0.931. The maximum absolute atomic E-state index is 12.4. The van der Waals surface area contributed by atoms with Gasteiger partial charge in [0.1, 0.15) is 5.65 Å². The molecule has 105 valence electrons. The van der Waals surface area contributed by atoms with Gasteiger partial charge in [-0.2, -0.15) is 4.98 Å². The van der Waals surface area contributed by atoms with Crippen molar-refractivity contribution in [3.8, 4) is 0 Å². The van der Waals surface area contributed by atoms with E-state index < -0.39 is 0 Å². The third kappa shape index (κ3) is 2.17. The molecule has 5 heteroatoms. The summed E-state index contributed by atoms with van der Waals surface area (Å²) in [6.07, 6.45) is 6.27. The first-order chi connectivity index (χ1) is 9.70. The molecule has 1 N–H and O–H groups in total. The predicted octanol–water partition coefficient (Wildman–Crippen LogP) is 2.46. The van der Waals surface area contributed by atoms with E-state index in [4.69, 9.17) is 0 Å². The van der Waals surface area contributed by atoms with E-state index in [1.54, 1.807) is 12.3 Å². The average Bonchev–Trinajstić information content (AvgIpc) is 2.92. The van der Waals surface area contributed by atoms with Gasteiger partial charge in [0.2, 0.25) is 5.95 Å². The predicted molar refractivity (Wildman–Crippen MR) is 79.9 cm³/mol. The molecule has 1 saturated carbocycles. The minimum atomic E-state index is 0.0428. The molecular weight excluding hydrogens is 252 g/mol. The van der Waals surface area contributed by atoms with Gasteiger partial charge in [-0.15, -0.1) is 0 Å². The Hall–Kier alpha value is -1.91. The molecule has 0 aliphatic heterocycles. The second kappa shape index (κ2) is 5.23. The lowest BCUT2D eigenvalue weighted by Gasteiger charge is -2.17. The molecule has 0 unspecified atom stereocenters. The lowest BCUT2D eigenvalue weighted by Crippen LogP contribution is -2.24. The first kappa shape index (κ1) is 13.1. The molecule has 5 nitrogen and oxygen atoms in total. The summed E-state index contributed by atoms with van der Waals surface area (Å²) in [5.74, 6) is 0.532. The Morgan fingerprint density at radius 3 is 2.90 bits per heavy atom. The van der Waals surface area contributed by atoms with Gasteiger partial charge in [0.05, 0.1) is 0 Å². The van der Waals surface area contributed by atoms with Crippen LogP contribution >= 0.6 is 0 Å². The number of anilines is 1. The van der Waals surface area contributed by atoms with Crippen LogP contribution in [0.25, 0.3) is 11.0 Å². The van der Waals surface area contributed by atoms with Gasteiger partial charge in [-0.05, 0) is 32.3 Å². The van der Waals surface area contributed by atoms with Gasteiger partial charge in [-0.25, -0.2) is 4.98 Å². The smallest absolute Gasteiger partial charge is 0.252 e. The van der Waals surface area contributed by atoms with E-state index in [9.17, 15) is 4.79 Å². The number of nitrogens with zero attached hydrogens (tertiary/aromatic N) is 3. The lowest BCUT2D eigenvalue weighted by atomic mass is 10.1. The van der Waals surface area contributed by atoms with Gasteiger partial charge in [0.15, 0.2) is 0 Å². The highest BCUT2D eigenvalue weighted by molar-refractivity contribution is 5.79. The summed E-state index contributed by atoms with van der Waals surface area (Å²) in [4.78, 5) is 21.2. The number of hydrogen-bond acceptors (Lipinski definition) is 4. The molecular formula is C15H19N4O. The lowest BCUT2D eigenvalue weighted by molar-refractivity contribution is 0.515. The molecule has 1 aliphatic carbocycles. The van der Waals surface area contributed by atoms with Gasteiger partial charge < -0.3 is 5.32 Å². The highest BCUT2D eigenvalue weighted by Crippen LogP contribution is 2.30. The van der Waals surface area contributed by atoms with E-state index in [1.807, 2.05) is 11.5 Å². The molecule has 0 spiro atoms. The Bertz CT molecular complexity index is 686. The van der Waals surface area contributed by atoms with Crippen LogP contribution in [-0.4, -0.2) is 21.1 Å². The van der Waals surface area contributed by atoms with E-state index in [0.29, 0.717) is 12.5 Å². The summed E-state index contributed by atoms with van der Waals surface area (Å²) in [7, 11) is 0. The van der Waals surface area contributed by atoms with Crippen LogP contribution in [0.4, 0.5) is 5.95 Å². The molecule has 0 saturated heterocycles. The molecule has 0 atom stereocenters. The van der Waals surface area contributed by atoms with E-state index >= 15 is 0 Å². The zero-order chi connectivity index (χ0) is 14.1. The summed E-state index contributed by atoms with van der Waals surface area (Å²) < 4.78 is 1.85. The number of rotatable bonds is 3. The SMILES string of the molecule is [CH2]CNc1ncc2c(C)cc(=O)n(C3CCCC3)c2n1. The van der Waals surface area contributed by atoms with Gasteiger partial charge in [-0.3, -0.25) is 9.36 Å². The molecule has 2 heterocycles. The Morgan fingerprint density at radius 1 is 1.45 bits per heavy atom. The number of pyridine rings is 1. The van der Waals surface area contributed by atoms with E-state index in [2.05, 4.69) is 22.2 Å². The fraction of sp³-hybridized carbons (Fsp3) is 0.467. The monoisotopic (exact) mass is 271 g/mol. The Morgan fingerprint density at radius 2 is 2.20 bits per heavy atom. The van der Waals surface area contributed by atoms with E-state index in [1.165, 1.54) is 12.8 Å². The zero-order valence-corrected chi connectivity index (χ0v) is 11.7. The van der Waals surface area contributed by atoms with E-state index in [-0.39, 0.29) is 11.6 Å². The minimum Gasteiger partial charge on any atom is -0.354 e. The summed E-state index contributed by atoms with van der Waals surface area (Å²) in [6.45, 7) is 6.19. The third-order valence-electron chi connectivity index (χ3n) is 3.97. The molecule has 1 aliphatic rings. The molecule has 20 heavy (non-hydrogen) atoms. The molecule has 1 fully saturated rings.